The third-order valence-corrected chi connectivity index (χ3v) is 8.39. The number of halogens is 4. The van der Waals surface area contributed by atoms with Crippen molar-refractivity contribution in [1.29, 1.82) is 5.26 Å². The van der Waals surface area contributed by atoms with Crippen LogP contribution < -0.4 is 15.1 Å². The number of ether oxygens (including phenoxy) is 1. The Kier molecular flexibility index (Phi) is 10.4. The first-order valence-corrected chi connectivity index (χ1v) is 16.2. The van der Waals surface area contributed by atoms with Gasteiger partial charge in [-0.2, -0.15) is 5.26 Å². The lowest BCUT2D eigenvalue weighted by Gasteiger charge is -2.43. The van der Waals surface area contributed by atoms with Crippen LogP contribution in [0.4, 0.5) is 33.9 Å². The second-order valence-corrected chi connectivity index (χ2v) is 13.4. The summed E-state index contributed by atoms with van der Waals surface area (Å²) in [5.41, 5.74) is -0.548. The molecule has 2 heterocycles. The minimum atomic E-state index is -3.00. The highest BCUT2D eigenvalue weighted by molar-refractivity contribution is 6.10. The number of nitrogens with zero attached hydrogens (tertiary/aromatic N) is 5. The number of carbonyl (C=O) groups is 4. The second-order valence-electron chi connectivity index (χ2n) is 13.4. The van der Waals surface area contributed by atoms with E-state index in [1.807, 2.05) is 6.07 Å². The number of nitriles is 1. The summed E-state index contributed by atoms with van der Waals surface area (Å²) in [6.45, 7) is 5.51. The number of nitrogens with one attached hydrogen (secondary N) is 1. The lowest BCUT2D eigenvalue weighted by atomic mass is 9.87. The molecule has 2 aromatic carbocycles. The van der Waals surface area contributed by atoms with Crippen LogP contribution in [0.3, 0.4) is 0 Å². The third kappa shape index (κ3) is 8.28. The first kappa shape index (κ1) is 36.8. The minimum absolute atomic E-state index is 0.0871. The minimum Gasteiger partial charge on any atom is -0.444 e. The lowest BCUT2D eigenvalue weighted by Crippen LogP contribution is -2.65. The van der Waals surface area contributed by atoms with Gasteiger partial charge >= 0.3 is 6.09 Å². The molecule has 3 aromatic rings. The highest BCUT2D eigenvalue weighted by atomic mass is 19.3. The smallest absolute Gasteiger partial charge is 0.410 e. The van der Waals surface area contributed by atoms with Crippen molar-refractivity contribution in [1.82, 2.24) is 15.2 Å². The second kappa shape index (κ2) is 14.4. The first-order valence-electron chi connectivity index (χ1n) is 16.2. The molecule has 1 saturated heterocycles. The molecular formula is C36H36F4N6O5. The Labute approximate surface area is 291 Å². The Morgan fingerprint density at radius 2 is 1.76 bits per heavy atom. The zero-order valence-corrected chi connectivity index (χ0v) is 28.3. The average molecular weight is 709 g/mol. The Balaban J connectivity index is 1.70. The molecule has 15 heteroatoms. The first-order chi connectivity index (χ1) is 24.0. The molecule has 1 aliphatic heterocycles. The summed E-state index contributed by atoms with van der Waals surface area (Å²) in [4.78, 5) is 63.6. The van der Waals surface area contributed by atoms with Crippen molar-refractivity contribution in [2.75, 3.05) is 22.9 Å². The molecule has 1 aliphatic carbocycles. The van der Waals surface area contributed by atoms with E-state index < -0.39 is 96.7 Å². The molecule has 1 N–H and O–H groups in total. The number of alkyl halides is 2. The van der Waals surface area contributed by atoms with E-state index in [-0.39, 0.29) is 16.9 Å². The molecule has 268 valence electrons. The topological polar surface area (TPSA) is 136 Å². The number of rotatable bonds is 8. The van der Waals surface area contributed by atoms with E-state index in [0.29, 0.717) is 18.1 Å². The van der Waals surface area contributed by atoms with Crippen LogP contribution in [-0.4, -0.2) is 70.4 Å². The van der Waals surface area contributed by atoms with Gasteiger partial charge in [-0.15, -0.1) is 0 Å². The van der Waals surface area contributed by atoms with Gasteiger partial charge in [-0.1, -0.05) is 31.2 Å². The van der Waals surface area contributed by atoms with E-state index in [1.165, 1.54) is 24.4 Å². The largest absolute Gasteiger partial charge is 0.444 e. The third-order valence-electron chi connectivity index (χ3n) is 8.39. The Morgan fingerprint density at radius 1 is 1.10 bits per heavy atom. The maximum Gasteiger partial charge on any atom is 0.410 e. The average Bonchev–Trinajstić information content (AvgIpc) is 3.04. The molecule has 2 atom stereocenters. The van der Waals surface area contributed by atoms with Gasteiger partial charge in [-0.3, -0.25) is 29.1 Å². The van der Waals surface area contributed by atoms with Gasteiger partial charge < -0.3 is 10.1 Å². The van der Waals surface area contributed by atoms with E-state index in [9.17, 15) is 37.2 Å². The van der Waals surface area contributed by atoms with E-state index in [1.54, 1.807) is 45.9 Å². The maximum absolute atomic E-state index is 15.2. The molecule has 5 rings (SSSR count). The fraction of sp³-hybridized carbons (Fsp3) is 0.389. The molecule has 1 aromatic heterocycles. The summed E-state index contributed by atoms with van der Waals surface area (Å²) < 4.78 is 63.1. The number of anilines is 2. The fourth-order valence-electron chi connectivity index (χ4n) is 6.14. The zero-order chi connectivity index (χ0) is 37.2. The molecule has 4 amide bonds. The predicted octanol–water partition coefficient (Wildman–Crippen LogP) is 5.43. The van der Waals surface area contributed by atoms with Gasteiger partial charge in [-0.25, -0.2) is 27.3 Å². The number of piperazine rings is 1. The predicted molar refractivity (Wildman–Crippen MR) is 177 cm³/mol. The SMILES string of the molecule is CCc1ccccc1C(C(=O)NC1CC(F)(F)C1)N(C(=O)[C@@H]1CN(C(=O)OC(C)(C)C)CC(=O)N1c1cc(C#N)ccn1)c1cc(F)cc(F)c1. The molecule has 0 spiro atoms. The highest BCUT2D eigenvalue weighted by Gasteiger charge is 2.49. The van der Waals surface area contributed by atoms with Crippen LogP contribution in [0.1, 0.15) is 63.3 Å². The Bertz CT molecular complexity index is 1870. The molecule has 1 unspecified atom stereocenters. The molecule has 2 aliphatic rings. The van der Waals surface area contributed by atoms with Crippen molar-refractivity contribution >= 4 is 35.3 Å². The number of amides is 4. The van der Waals surface area contributed by atoms with E-state index >= 15 is 4.79 Å². The Hall–Kier alpha value is -5.52. The zero-order valence-electron chi connectivity index (χ0n) is 28.3. The van der Waals surface area contributed by atoms with Crippen molar-refractivity contribution in [3.63, 3.8) is 0 Å². The molecule has 51 heavy (non-hydrogen) atoms. The summed E-state index contributed by atoms with van der Waals surface area (Å²) in [6, 6.07) is 8.90. The van der Waals surface area contributed by atoms with Crippen LogP contribution in [0.2, 0.25) is 0 Å². The number of aromatic nitrogens is 1. The molecule has 0 bridgehead atoms. The van der Waals surface area contributed by atoms with E-state index in [2.05, 4.69) is 10.3 Å². The molecule has 0 radical (unpaired) electrons. The van der Waals surface area contributed by atoms with Gasteiger partial charge in [0.05, 0.1) is 23.9 Å². The molecule has 11 nitrogen and oxygen atoms in total. The number of pyridine rings is 1. The molecular weight excluding hydrogens is 672 g/mol. The number of carbonyl (C=O) groups excluding carboxylic acids is 4. The van der Waals surface area contributed by atoms with Crippen molar-refractivity contribution in [3.05, 3.63) is 89.1 Å². The number of hydrogen-bond donors (Lipinski definition) is 1. The summed E-state index contributed by atoms with van der Waals surface area (Å²) >= 11 is 0. The van der Waals surface area contributed by atoms with Crippen LogP contribution in [0.5, 0.6) is 0 Å². The summed E-state index contributed by atoms with van der Waals surface area (Å²) in [6.07, 6.45) is -0.663. The van der Waals surface area contributed by atoms with Crippen LogP contribution in [0.25, 0.3) is 0 Å². The summed E-state index contributed by atoms with van der Waals surface area (Å²) in [5, 5.41) is 12.1. The van der Waals surface area contributed by atoms with Crippen molar-refractivity contribution in [2.45, 2.75) is 76.6 Å². The number of aryl methyl sites for hydroxylation is 1. The van der Waals surface area contributed by atoms with Crippen LogP contribution in [-0.2, 0) is 25.5 Å². The van der Waals surface area contributed by atoms with Crippen LogP contribution >= 0.6 is 0 Å². The van der Waals surface area contributed by atoms with Crippen LogP contribution in [0, 0.1) is 23.0 Å². The normalized spacial score (nSPS) is 17.9. The van der Waals surface area contributed by atoms with Crippen molar-refractivity contribution in [3.8, 4) is 6.07 Å². The van der Waals surface area contributed by atoms with Crippen LogP contribution in [0.15, 0.2) is 60.8 Å². The van der Waals surface area contributed by atoms with Gasteiger partial charge in [0.15, 0.2) is 0 Å². The summed E-state index contributed by atoms with van der Waals surface area (Å²) in [7, 11) is 0. The molecule has 2 fully saturated rings. The van der Waals surface area contributed by atoms with Gasteiger partial charge in [0, 0.05) is 31.1 Å². The number of hydrogen-bond acceptors (Lipinski definition) is 7. The van der Waals surface area contributed by atoms with Crippen molar-refractivity contribution < 1.29 is 41.5 Å². The summed E-state index contributed by atoms with van der Waals surface area (Å²) in [5.74, 6) is -8.15. The van der Waals surface area contributed by atoms with Gasteiger partial charge in [0.1, 0.15) is 41.7 Å². The standard InChI is InChI=1S/C36H36F4N6O5/c1-5-22-8-6-7-9-27(22)31(32(48)43-25-16-36(39,40)17-25)45(26-14-23(37)13-24(38)15-26)33(49)28-19-44(34(50)51-35(2,3)4)20-30(47)46(28)29-12-21(18-41)10-11-42-29/h6-15,25,28,31H,5,16-17,19-20H2,1-4H3,(H,43,48)/t28-,31?/m0/s1. The van der Waals surface area contributed by atoms with E-state index in [4.69, 9.17) is 4.74 Å². The quantitative estimate of drug-likeness (QED) is 0.308. The highest BCUT2D eigenvalue weighted by Crippen LogP contribution is 2.39. The monoisotopic (exact) mass is 708 g/mol. The van der Waals surface area contributed by atoms with Gasteiger partial charge in [-0.05, 0) is 62.6 Å². The van der Waals surface area contributed by atoms with Crippen molar-refractivity contribution in [2.24, 2.45) is 0 Å². The lowest BCUT2D eigenvalue weighted by molar-refractivity contribution is -0.133. The number of benzene rings is 2. The Morgan fingerprint density at radius 3 is 2.37 bits per heavy atom. The van der Waals surface area contributed by atoms with Gasteiger partial charge in [0.2, 0.25) is 11.8 Å². The van der Waals surface area contributed by atoms with Gasteiger partial charge in [0.25, 0.3) is 11.8 Å². The fourth-order valence-corrected chi connectivity index (χ4v) is 6.14. The maximum atomic E-state index is 15.2. The molecule has 1 saturated carbocycles. The van der Waals surface area contributed by atoms with E-state index in [0.717, 1.165) is 26.8 Å².